The van der Waals surface area contributed by atoms with Gasteiger partial charge in [0.25, 0.3) is 0 Å². The van der Waals surface area contributed by atoms with E-state index in [0.717, 1.165) is 11.0 Å². The van der Waals surface area contributed by atoms with Crippen molar-refractivity contribution in [2.24, 2.45) is 0 Å². The van der Waals surface area contributed by atoms with Gasteiger partial charge in [-0.05, 0) is 12.1 Å². The lowest BCUT2D eigenvalue weighted by Crippen LogP contribution is -1.99. The molecule has 0 bridgehead atoms. The van der Waals surface area contributed by atoms with Gasteiger partial charge in [0, 0.05) is 0 Å². The van der Waals surface area contributed by atoms with E-state index >= 15 is 0 Å². The predicted molar refractivity (Wildman–Crippen MR) is 50.8 cm³/mol. The van der Waals surface area contributed by atoms with Gasteiger partial charge in [-0.15, -0.1) is 0 Å². The molecule has 2 radical (unpaired) electrons. The van der Waals surface area contributed by atoms with Gasteiger partial charge in [0.2, 0.25) is 0 Å². The van der Waals surface area contributed by atoms with E-state index in [1.807, 2.05) is 18.2 Å². The van der Waals surface area contributed by atoms with Crippen LogP contribution in [0.15, 0.2) is 18.2 Å². The Morgan fingerprint density at radius 1 is 1.54 bits per heavy atom. The summed E-state index contributed by atoms with van der Waals surface area (Å²) in [5, 5.41) is 8.46. The van der Waals surface area contributed by atoms with Gasteiger partial charge >= 0.3 is 0 Å². The number of hydrogen-bond acceptors (Lipinski definition) is 2. The van der Waals surface area contributed by atoms with Gasteiger partial charge in [-0.2, -0.15) is 5.26 Å². The summed E-state index contributed by atoms with van der Waals surface area (Å²) >= 11 is 0. The SMILES string of the molecule is [B]c1ccc2nc(CC#N)[nH]c2c1. The average molecular weight is 167 g/mol. The van der Waals surface area contributed by atoms with E-state index in [1.54, 1.807) is 6.07 Å². The smallest absolute Gasteiger partial charge is 0.121 e. The maximum atomic E-state index is 8.46. The zero-order chi connectivity index (χ0) is 9.26. The van der Waals surface area contributed by atoms with E-state index in [9.17, 15) is 0 Å². The molecule has 60 valence electrons. The van der Waals surface area contributed by atoms with E-state index in [-0.39, 0.29) is 0 Å². The van der Waals surface area contributed by atoms with Crippen molar-refractivity contribution < 1.29 is 0 Å². The molecule has 0 aliphatic heterocycles. The molecule has 0 spiro atoms. The molecule has 0 aliphatic carbocycles. The fourth-order valence-corrected chi connectivity index (χ4v) is 1.24. The number of nitrogens with one attached hydrogen (secondary N) is 1. The Morgan fingerprint density at radius 3 is 3.15 bits per heavy atom. The maximum absolute atomic E-state index is 8.46. The van der Waals surface area contributed by atoms with Crippen LogP contribution in [0, 0.1) is 11.3 Å². The van der Waals surface area contributed by atoms with Crippen LogP contribution in [-0.4, -0.2) is 17.8 Å². The molecule has 0 saturated carbocycles. The molecule has 1 aromatic heterocycles. The van der Waals surface area contributed by atoms with Crippen molar-refractivity contribution in [2.75, 3.05) is 0 Å². The summed E-state index contributed by atoms with van der Waals surface area (Å²) in [4.78, 5) is 7.23. The first-order chi connectivity index (χ1) is 6.29. The summed E-state index contributed by atoms with van der Waals surface area (Å²) < 4.78 is 0. The molecule has 0 amide bonds. The minimum absolute atomic E-state index is 0.300. The number of fused-ring (bicyclic) bond motifs is 1. The Bertz CT molecular complexity index is 481. The third-order valence-electron chi connectivity index (χ3n) is 1.80. The van der Waals surface area contributed by atoms with Gasteiger partial charge in [0.05, 0.1) is 23.5 Å². The predicted octanol–water partition coefficient (Wildman–Crippen LogP) is 0.423. The molecule has 0 fully saturated rings. The number of benzene rings is 1. The van der Waals surface area contributed by atoms with E-state index in [0.29, 0.717) is 17.7 Å². The van der Waals surface area contributed by atoms with E-state index < -0.39 is 0 Å². The first-order valence-electron chi connectivity index (χ1n) is 3.90. The van der Waals surface area contributed by atoms with Crippen LogP contribution in [0.3, 0.4) is 0 Å². The fourth-order valence-electron chi connectivity index (χ4n) is 1.24. The number of hydrogen-bond donors (Lipinski definition) is 1. The van der Waals surface area contributed by atoms with Crippen LogP contribution in [0.2, 0.25) is 0 Å². The number of aromatic nitrogens is 2. The first-order valence-corrected chi connectivity index (χ1v) is 3.90. The Kier molecular flexibility index (Phi) is 1.78. The van der Waals surface area contributed by atoms with Crippen LogP contribution in [0.25, 0.3) is 11.0 Å². The van der Waals surface area contributed by atoms with Crippen LogP contribution >= 0.6 is 0 Å². The molecule has 2 rings (SSSR count). The number of nitrogens with zero attached hydrogens (tertiary/aromatic N) is 2. The van der Waals surface area contributed by atoms with Crippen molar-refractivity contribution in [3.63, 3.8) is 0 Å². The van der Waals surface area contributed by atoms with Gasteiger partial charge in [-0.1, -0.05) is 11.5 Å². The number of imidazole rings is 1. The minimum Gasteiger partial charge on any atom is -0.341 e. The molecule has 0 saturated heterocycles. The molecule has 3 nitrogen and oxygen atoms in total. The Labute approximate surface area is 76.8 Å². The molecule has 4 heteroatoms. The van der Waals surface area contributed by atoms with Gasteiger partial charge in [0.1, 0.15) is 13.7 Å². The number of aromatic amines is 1. The van der Waals surface area contributed by atoms with Gasteiger partial charge in [0.15, 0.2) is 0 Å². The molecule has 2 aromatic rings. The van der Waals surface area contributed by atoms with Crippen molar-refractivity contribution in [2.45, 2.75) is 6.42 Å². The van der Waals surface area contributed by atoms with Crippen molar-refractivity contribution in [1.29, 1.82) is 5.26 Å². The summed E-state index contributed by atoms with van der Waals surface area (Å²) in [6.45, 7) is 0. The number of nitriles is 1. The van der Waals surface area contributed by atoms with Crippen LogP contribution < -0.4 is 5.46 Å². The number of rotatable bonds is 1. The van der Waals surface area contributed by atoms with Crippen LogP contribution in [-0.2, 0) is 6.42 Å². The molecule has 0 aliphatic rings. The Hall–Kier alpha value is -1.76. The van der Waals surface area contributed by atoms with E-state index in [4.69, 9.17) is 13.1 Å². The van der Waals surface area contributed by atoms with Crippen LogP contribution in [0.4, 0.5) is 0 Å². The zero-order valence-electron chi connectivity index (χ0n) is 6.91. The zero-order valence-corrected chi connectivity index (χ0v) is 6.91. The summed E-state index contributed by atoms with van der Waals surface area (Å²) in [5.41, 5.74) is 2.42. The Balaban J connectivity index is 2.57. The molecule has 0 atom stereocenters. The van der Waals surface area contributed by atoms with Crippen molar-refractivity contribution in [3.05, 3.63) is 24.0 Å². The minimum atomic E-state index is 0.300. The molecular weight excluding hydrogens is 161 g/mol. The highest BCUT2D eigenvalue weighted by molar-refractivity contribution is 6.33. The molecule has 1 heterocycles. The van der Waals surface area contributed by atoms with Crippen molar-refractivity contribution in [3.8, 4) is 6.07 Å². The summed E-state index contributed by atoms with van der Waals surface area (Å²) in [5.74, 6) is 0.683. The Morgan fingerprint density at radius 2 is 2.38 bits per heavy atom. The van der Waals surface area contributed by atoms with Crippen molar-refractivity contribution >= 4 is 24.3 Å². The third kappa shape index (κ3) is 1.41. The van der Waals surface area contributed by atoms with E-state index in [1.165, 1.54) is 0 Å². The topological polar surface area (TPSA) is 52.5 Å². The second-order valence-corrected chi connectivity index (χ2v) is 2.79. The normalized spacial score (nSPS) is 10.1. The lowest BCUT2D eigenvalue weighted by Gasteiger charge is -1.89. The molecule has 0 unspecified atom stereocenters. The maximum Gasteiger partial charge on any atom is 0.121 e. The van der Waals surface area contributed by atoms with Crippen LogP contribution in [0.1, 0.15) is 5.82 Å². The molecule has 1 N–H and O–H groups in total. The van der Waals surface area contributed by atoms with E-state index in [2.05, 4.69) is 9.97 Å². The second-order valence-electron chi connectivity index (χ2n) is 2.79. The summed E-state index contributed by atoms with van der Waals surface area (Å²) in [7, 11) is 5.59. The largest absolute Gasteiger partial charge is 0.341 e. The summed E-state index contributed by atoms with van der Waals surface area (Å²) in [6.07, 6.45) is 0.300. The highest BCUT2D eigenvalue weighted by atomic mass is 14.9. The van der Waals surface area contributed by atoms with Gasteiger partial charge in [-0.25, -0.2) is 4.98 Å². The second kappa shape index (κ2) is 2.94. The molecule has 13 heavy (non-hydrogen) atoms. The lowest BCUT2D eigenvalue weighted by molar-refractivity contribution is 1.08. The van der Waals surface area contributed by atoms with Crippen molar-refractivity contribution in [1.82, 2.24) is 9.97 Å². The lowest BCUT2D eigenvalue weighted by atomic mass is 9.96. The third-order valence-corrected chi connectivity index (χ3v) is 1.80. The quantitative estimate of drug-likeness (QED) is 0.625. The number of H-pyrrole nitrogens is 1. The summed E-state index contributed by atoms with van der Waals surface area (Å²) in [6, 6.07) is 7.47. The first kappa shape index (κ1) is 7.87. The van der Waals surface area contributed by atoms with Gasteiger partial charge in [-0.3, -0.25) is 0 Å². The highest BCUT2D eigenvalue weighted by Gasteiger charge is 2.00. The average Bonchev–Trinajstić information content (AvgIpc) is 2.46. The monoisotopic (exact) mass is 167 g/mol. The van der Waals surface area contributed by atoms with Crippen LogP contribution in [0.5, 0.6) is 0 Å². The molecular formula is C9H6BN3. The fraction of sp³-hybridized carbons (Fsp3) is 0.111. The highest BCUT2D eigenvalue weighted by Crippen LogP contribution is 2.08. The van der Waals surface area contributed by atoms with Gasteiger partial charge < -0.3 is 4.98 Å². The molecule has 1 aromatic carbocycles. The standard InChI is InChI=1S/C9H6BN3/c10-6-1-2-7-8(5-6)13-9(12-7)3-4-11/h1-2,5H,3H2,(H,12,13).